The van der Waals surface area contributed by atoms with E-state index < -0.39 is 12.1 Å². The monoisotopic (exact) mass is 432 g/mol. The fourth-order valence-electron chi connectivity index (χ4n) is 5.07. The van der Waals surface area contributed by atoms with E-state index in [9.17, 15) is 9.50 Å². The molecule has 0 spiro atoms. The number of methoxy groups -OCH3 is 1. The van der Waals surface area contributed by atoms with Gasteiger partial charge in [0.15, 0.2) is 29.4 Å². The molecule has 3 unspecified atom stereocenters. The summed E-state index contributed by atoms with van der Waals surface area (Å²) < 4.78 is 19.9. The van der Waals surface area contributed by atoms with Gasteiger partial charge in [0.1, 0.15) is 5.69 Å². The Morgan fingerprint density at radius 3 is 2.77 bits per heavy atom. The molecule has 3 aromatic heterocycles. The molecule has 10 heteroatoms. The van der Waals surface area contributed by atoms with E-state index in [2.05, 4.69) is 30.5 Å². The Morgan fingerprint density at radius 1 is 1.23 bits per heavy atom. The SMILES string of the molecule is COC(O)C1C2CCC(CC2)C1Nc1nc(-c2[nH]nc3ncc(Cl)cc23)ncc1F. The molecule has 3 fully saturated rings. The van der Waals surface area contributed by atoms with Crippen LogP contribution in [-0.4, -0.2) is 49.7 Å². The van der Waals surface area contributed by atoms with Crippen molar-refractivity contribution >= 4 is 28.5 Å². The van der Waals surface area contributed by atoms with Crippen LogP contribution in [-0.2, 0) is 4.74 Å². The lowest BCUT2D eigenvalue weighted by atomic mass is 9.61. The number of H-pyrrole nitrogens is 1. The maximum absolute atomic E-state index is 14.7. The lowest BCUT2D eigenvalue weighted by Crippen LogP contribution is -2.53. The van der Waals surface area contributed by atoms with Crippen molar-refractivity contribution in [1.82, 2.24) is 25.1 Å². The molecule has 3 N–H and O–H groups in total. The van der Waals surface area contributed by atoms with Crippen molar-refractivity contribution in [1.29, 1.82) is 0 Å². The van der Waals surface area contributed by atoms with Gasteiger partial charge in [-0.2, -0.15) is 5.10 Å². The first-order valence-corrected chi connectivity index (χ1v) is 10.4. The lowest BCUT2D eigenvalue weighted by Gasteiger charge is -2.50. The highest BCUT2D eigenvalue weighted by Crippen LogP contribution is 2.47. The Bertz CT molecular complexity index is 1070. The number of aliphatic hydroxyl groups is 1. The van der Waals surface area contributed by atoms with E-state index in [-0.39, 0.29) is 23.6 Å². The minimum Gasteiger partial charge on any atom is -0.368 e. The predicted octanol–water partition coefficient (Wildman–Crippen LogP) is 3.39. The molecular weight excluding hydrogens is 411 g/mol. The first-order chi connectivity index (χ1) is 14.5. The predicted molar refractivity (Wildman–Crippen MR) is 109 cm³/mol. The lowest BCUT2D eigenvalue weighted by molar-refractivity contribution is -0.154. The molecule has 0 aliphatic heterocycles. The van der Waals surface area contributed by atoms with Gasteiger partial charge in [-0.15, -0.1) is 0 Å². The van der Waals surface area contributed by atoms with Gasteiger partial charge in [0.25, 0.3) is 0 Å². The van der Waals surface area contributed by atoms with Gasteiger partial charge in [-0.3, -0.25) is 5.10 Å². The van der Waals surface area contributed by atoms with E-state index in [1.165, 1.54) is 13.3 Å². The Balaban J connectivity index is 1.50. The van der Waals surface area contributed by atoms with E-state index in [0.29, 0.717) is 33.6 Å². The molecule has 3 aliphatic rings. The van der Waals surface area contributed by atoms with Gasteiger partial charge in [0.05, 0.1) is 16.6 Å². The number of fused-ring (bicyclic) bond motifs is 4. The van der Waals surface area contributed by atoms with Gasteiger partial charge in [0, 0.05) is 25.3 Å². The van der Waals surface area contributed by atoms with E-state index >= 15 is 0 Å². The summed E-state index contributed by atoms with van der Waals surface area (Å²) in [6, 6.07) is 1.59. The number of anilines is 1. The van der Waals surface area contributed by atoms with Crippen LogP contribution in [0.5, 0.6) is 0 Å². The Morgan fingerprint density at radius 2 is 2.00 bits per heavy atom. The van der Waals surface area contributed by atoms with Crippen LogP contribution in [0.3, 0.4) is 0 Å². The zero-order chi connectivity index (χ0) is 20.8. The van der Waals surface area contributed by atoms with Crippen LogP contribution in [0.1, 0.15) is 25.7 Å². The van der Waals surface area contributed by atoms with Gasteiger partial charge in [-0.1, -0.05) is 11.6 Å². The first-order valence-electron chi connectivity index (χ1n) is 10.0. The number of nitrogens with one attached hydrogen (secondary N) is 2. The van der Waals surface area contributed by atoms with Gasteiger partial charge < -0.3 is 15.2 Å². The summed E-state index contributed by atoms with van der Waals surface area (Å²) in [4.78, 5) is 12.7. The van der Waals surface area contributed by atoms with Crippen molar-refractivity contribution in [2.24, 2.45) is 17.8 Å². The number of aromatic nitrogens is 5. The van der Waals surface area contributed by atoms with Crippen LogP contribution in [0, 0.1) is 23.6 Å². The number of rotatable bonds is 5. The first kappa shape index (κ1) is 19.6. The summed E-state index contributed by atoms with van der Waals surface area (Å²) >= 11 is 6.06. The van der Waals surface area contributed by atoms with Gasteiger partial charge in [-0.05, 0) is 43.6 Å². The second-order valence-electron chi connectivity index (χ2n) is 8.06. The molecule has 3 atom stereocenters. The van der Waals surface area contributed by atoms with Crippen LogP contribution < -0.4 is 5.32 Å². The van der Waals surface area contributed by atoms with Crippen molar-refractivity contribution in [2.75, 3.05) is 12.4 Å². The normalized spacial score (nSPS) is 26.8. The molecule has 0 saturated heterocycles. The smallest absolute Gasteiger partial charge is 0.183 e. The van der Waals surface area contributed by atoms with Gasteiger partial charge in [-0.25, -0.2) is 19.3 Å². The highest BCUT2D eigenvalue weighted by atomic mass is 35.5. The molecule has 3 aliphatic carbocycles. The number of hydrogen-bond donors (Lipinski definition) is 3. The van der Waals surface area contributed by atoms with Crippen LogP contribution in [0.2, 0.25) is 5.02 Å². The molecule has 3 heterocycles. The molecule has 0 aromatic carbocycles. The summed E-state index contributed by atoms with van der Waals surface area (Å²) in [5.41, 5.74) is 0.992. The molecular formula is C20H22ClFN6O2. The Hall–Kier alpha value is -2.36. The third-order valence-corrected chi connectivity index (χ3v) is 6.71. The van der Waals surface area contributed by atoms with Crippen LogP contribution in [0.25, 0.3) is 22.6 Å². The molecule has 0 amide bonds. The van der Waals surface area contributed by atoms with E-state index in [1.807, 2.05) is 0 Å². The second kappa shape index (κ2) is 7.72. The van der Waals surface area contributed by atoms with Gasteiger partial charge in [0.2, 0.25) is 0 Å². The summed E-state index contributed by atoms with van der Waals surface area (Å²) in [7, 11) is 1.50. The average molecular weight is 433 g/mol. The largest absolute Gasteiger partial charge is 0.368 e. The quantitative estimate of drug-likeness (QED) is 0.530. The minimum absolute atomic E-state index is 0.101. The molecule has 6 rings (SSSR count). The van der Waals surface area contributed by atoms with Crippen molar-refractivity contribution < 1.29 is 14.2 Å². The standard InChI is InChI=1S/C20H22ClFN6O2/c1-30-20(29)14-9-2-4-10(5-3-9)15(14)25-18-13(22)8-24-19(26-18)16-12-6-11(21)7-23-17(12)28-27-16/h6-10,14-15,20,29H,2-5H2,1H3,(H,23,27,28)(H,24,25,26). The Kier molecular flexibility index (Phi) is 5.04. The minimum atomic E-state index is -0.898. The van der Waals surface area contributed by atoms with Crippen LogP contribution >= 0.6 is 11.6 Å². The number of ether oxygens (including phenoxy) is 1. The van der Waals surface area contributed by atoms with Crippen LogP contribution in [0.4, 0.5) is 10.2 Å². The topological polar surface area (TPSA) is 109 Å². The highest BCUT2D eigenvalue weighted by Gasteiger charge is 2.47. The fraction of sp³-hybridized carbons (Fsp3) is 0.500. The Labute approximate surface area is 177 Å². The molecule has 8 nitrogen and oxygen atoms in total. The number of aliphatic hydroxyl groups excluding tert-OH is 1. The maximum Gasteiger partial charge on any atom is 0.183 e. The number of halogens is 2. The molecule has 3 aromatic rings. The highest BCUT2D eigenvalue weighted by molar-refractivity contribution is 6.31. The summed E-state index contributed by atoms with van der Waals surface area (Å²) in [6.07, 6.45) is 5.95. The van der Waals surface area contributed by atoms with E-state index in [0.717, 1.165) is 31.9 Å². The van der Waals surface area contributed by atoms with Crippen molar-refractivity contribution in [2.45, 2.75) is 38.0 Å². The molecule has 158 valence electrons. The average Bonchev–Trinajstić information content (AvgIpc) is 3.18. The van der Waals surface area contributed by atoms with E-state index in [1.54, 1.807) is 6.07 Å². The maximum atomic E-state index is 14.7. The third-order valence-electron chi connectivity index (χ3n) is 6.50. The zero-order valence-corrected chi connectivity index (χ0v) is 17.1. The van der Waals surface area contributed by atoms with Crippen molar-refractivity contribution in [3.8, 4) is 11.5 Å². The van der Waals surface area contributed by atoms with Crippen molar-refractivity contribution in [3.63, 3.8) is 0 Å². The summed E-state index contributed by atoms with van der Waals surface area (Å²) in [6.45, 7) is 0. The van der Waals surface area contributed by atoms with Crippen molar-refractivity contribution in [3.05, 3.63) is 29.3 Å². The number of pyridine rings is 1. The number of aromatic amines is 1. The molecule has 30 heavy (non-hydrogen) atoms. The fourth-order valence-corrected chi connectivity index (χ4v) is 5.23. The number of nitrogens with zero attached hydrogens (tertiary/aromatic N) is 4. The molecule has 0 radical (unpaired) electrons. The zero-order valence-electron chi connectivity index (χ0n) is 16.3. The molecule has 2 bridgehead atoms. The molecule has 3 saturated carbocycles. The second-order valence-corrected chi connectivity index (χ2v) is 8.50. The van der Waals surface area contributed by atoms with E-state index in [4.69, 9.17) is 16.3 Å². The number of hydrogen-bond acceptors (Lipinski definition) is 7. The third kappa shape index (κ3) is 3.30. The summed E-state index contributed by atoms with van der Waals surface area (Å²) in [5.74, 6) is 0.399. The van der Waals surface area contributed by atoms with Gasteiger partial charge >= 0.3 is 0 Å². The summed E-state index contributed by atoms with van der Waals surface area (Å²) in [5, 5.41) is 21.8. The van der Waals surface area contributed by atoms with Crippen LogP contribution in [0.15, 0.2) is 18.5 Å².